The maximum Gasteiger partial charge on any atom is 0.0716 e. The second-order valence-electron chi connectivity index (χ2n) is 4.18. The van der Waals surface area contributed by atoms with Crippen molar-refractivity contribution >= 4 is 39.9 Å². The minimum absolute atomic E-state index is 0.106. The van der Waals surface area contributed by atoms with Gasteiger partial charge < -0.3 is 9.90 Å². The fraction of sp³-hybridized carbons (Fsp3) is 0. The Hall–Kier alpha value is -2.40. The Morgan fingerprint density at radius 2 is 1.90 bits per heavy atom. The van der Waals surface area contributed by atoms with Crippen molar-refractivity contribution in [3.05, 3.63) is 70.2 Å². The van der Waals surface area contributed by atoms with E-state index in [9.17, 15) is 9.90 Å². The van der Waals surface area contributed by atoms with Crippen LogP contribution in [-0.2, 0) is 0 Å². The van der Waals surface area contributed by atoms with Crippen LogP contribution in [0.5, 0.6) is 0 Å². The van der Waals surface area contributed by atoms with E-state index in [0.29, 0.717) is 5.69 Å². The van der Waals surface area contributed by atoms with E-state index in [4.69, 9.17) is 0 Å². The van der Waals surface area contributed by atoms with Crippen LogP contribution >= 0.6 is 15.9 Å². The number of anilines is 1. The molecule has 0 spiro atoms. The molecule has 5 heteroatoms. The molecule has 0 aromatic heterocycles. The first kappa shape index (κ1) is 15.0. The highest BCUT2D eigenvalue weighted by atomic mass is 79.9. The summed E-state index contributed by atoms with van der Waals surface area (Å²) in [7, 11) is 0. The van der Waals surface area contributed by atoms with Gasteiger partial charge in [0.2, 0.25) is 0 Å². The third-order valence-corrected chi connectivity index (χ3v) is 3.02. The van der Waals surface area contributed by atoms with Crippen LogP contribution < -0.4 is 10.5 Å². The molecule has 0 saturated heterocycles. The van der Waals surface area contributed by atoms with E-state index in [2.05, 4.69) is 26.5 Å². The molecule has 0 aliphatic rings. The van der Waals surface area contributed by atoms with E-state index in [1.54, 1.807) is 18.3 Å². The molecule has 0 unspecified atom stereocenters. The molecule has 2 aromatic carbocycles. The van der Waals surface area contributed by atoms with E-state index in [1.165, 1.54) is 12.1 Å². The average molecular weight is 344 g/mol. The summed E-state index contributed by atoms with van der Waals surface area (Å²) in [6.07, 6.45) is 3.52. The molecule has 0 radical (unpaired) electrons. The van der Waals surface area contributed by atoms with Gasteiger partial charge in [-0.25, -0.2) is 0 Å². The monoisotopic (exact) mass is 343 g/mol. The summed E-state index contributed by atoms with van der Waals surface area (Å²) in [6, 6.07) is 16.1. The van der Waals surface area contributed by atoms with Crippen LogP contribution in [0.2, 0.25) is 0 Å². The predicted molar refractivity (Wildman–Crippen MR) is 86.2 cm³/mol. The summed E-state index contributed by atoms with van der Waals surface area (Å²) in [5, 5.41) is 14.8. The van der Waals surface area contributed by atoms with Crippen LogP contribution in [-0.4, -0.2) is 12.2 Å². The van der Waals surface area contributed by atoms with E-state index >= 15 is 0 Å². The maximum absolute atomic E-state index is 10.7. The Morgan fingerprint density at radius 3 is 2.62 bits per heavy atom. The van der Waals surface area contributed by atoms with Gasteiger partial charge in [-0.2, -0.15) is 5.10 Å². The number of carboxylic acids is 1. The van der Waals surface area contributed by atoms with E-state index < -0.39 is 5.97 Å². The third-order valence-electron chi connectivity index (χ3n) is 2.58. The van der Waals surface area contributed by atoms with Crippen LogP contribution in [0.25, 0.3) is 6.08 Å². The Bertz CT molecular complexity index is 682. The number of aromatic carboxylic acids is 1. The number of carbonyl (C=O) groups is 1. The van der Waals surface area contributed by atoms with Crippen molar-refractivity contribution in [3.63, 3.8) is 0 Å². The highest BCUT2D eigenvalue weighted by Gasteiger charge is 1.95. The summed E-state index contributed by atoms with van der Waals surface area (Å²) in [5.41, 5.74) is 4.50. The van der Waals surface area contributed by atoms with Crippen molar-refractivity contribution < 1.29 is 9.90 Å². The molecule has 0 saturated carbocycles. The van der Waals surface area contributed by atoms with Gasteiger partial charge in [0.05, 0.1) is 17.9 Å². The fourth-order valence-corrected chi connectivity index (χ4v) is 2.00. The summed E-state index contributed by atoms with van der Waals surface area (Å²) < 4.78 is 0.789. The smallest absolute Gasteiger partial charge is 0.0716 e. The number of carboxylic acid groups (broad SMARTS) is 1. The zero-order chi connectivity index (χ0) is 15.1. The molecular weight excluding hydrogens is 332 g/mol. The minimum atomic E-state index is -1.22. The van der Waals surface area contributed by atoms with Crippen molar-refractivity contribution in [2.45, 2.75) is 0 Å². The molecule has 0 aliphatic heterocycles. The van der Waals surface area contributed by atoms with Gasteiger partial charge in [-0.3, -0.25) is 5.43 Å². The first-order chi connectivity index (χ1) is 10.1. The number of allylic oxidation sites excluding steroid dienone is 1. The van der Waals surface area contributed by atoms with Gasteiger partial charge in [-0.05, 0) is 45.3 Å². The number of rotatable bonds is 5. The van der Waals surface area contributed by atoms with Crippen molar-refractivity contribution in [2.24, 2.45) is 5.10 Å². The Labute approximate surface area is 130 Å². The van der Waals surface area contributed by atoms with Gasteiger partial charge >= 0.3 is 0 Å². The lowest BCUT2D eigenvalue weighted by molar-refractivity contribution is -0.255. The molecule has 0 atom stereocenters. The van der Waals surface area contributed by atoms with Crippen molar-refractivity contribution in [1.82, 2.24) is 0 Å². The fourth-order valence-electron chi connectivity index (χ4n) is 1.63. The molecule has 0 aliphatic carbocycles. The lowest BCUT2D eigenvalue weighted by Gasteiger charge is -2.04. The number of hydrazone groups is 1. The molecule has 0 fully saturated rings. The lowest BCUT2D eigenvalue weighted by Crippen LogP contribution is -2.22. The first-order valence-electron chi connectivity index (χ1n) is 6.18. The first-order valence-corrected chi connectivity index (χ1v) is 6.97. The summed E-state index contributed by atoms with van der Waals surface area (Å²) in [6.45, 7) is 0. The Morgan fingerprint density at radius 1 is 1.14 bits per heavy atom. The van der Waals surface area contributed by atoms with E-state index in [-0.39, 0.29) is 5.56 Å². The lowest BCUT2D eigenvalue weighted by atomic mass is 10.2. The molecule has 0 bridgehead atoms. The van der Waals surface area contributed by atoms with Gasteiger partial charge in [0.25, 0.3) is 0 Å². The molecular formula is C16H12BrN2O2-. The Balaban J connectivity index is 2.00. The quantitative estimate of drug-likeness (QED) is 0.670. The van der Waals surface area contributed by atoms with E-state index in [1.807, 2.05) is 36.4 Å². The van der Waals surface area contributed by atoms with Crippen LogP contribution in [0.4, 0.5) is 5.69 Å². The number of hydrogen-bond donors (Lipinski definition) is 1. The van der Waals surface area contributed by atoms with Crippen molar-refractivity contribution in [1.29, 1.82) is 0 Å². The van der Waals surface area contributed by atoms with Crippen LogP contribution in [0.3, 0.4) is 0 Å². The molecule has 2 rings (SSSR count). The van der Waals surface area contributed by atoms with Crippen molar-refractivity contribution in [2.75, 3.05) is 5.43 Å². The molecule has 1 N–H and O–H groups in total. The normalized spacial score (nSPS) is 11.6. The number of hydrogen-bond acceptors (Lipinski definition) is 4. The predicted octanol–water partition coefficient (Wildman–Crippen LogP) is 2.88. The second kappa shape index (κ2) is 7.40. The van der Waals surface area contributed by atoms with Crippen LogP contribution in [0.15, 0.2) is 64.2 Å². The van der Waals surface area contributed by atoms with Crippen LogP contribution in [0.1, 0.15) is 15.9 Å². The SMILES string of the molecule is O=C([O-])c1cccc(N/N=C\C(Br)=C\c2ccccc2)c1. The highest BCUT2D eigenvalue weighted by molar-refractivity contribution is 9.12. The number of nitrogens with zero attached hydrogens (tertiary/aromatic N) is 1. The maximum atomic E-state index is 10.7. The second-order valence-corrected chi connectivity index (χ2v) is 5.09. The van der Waals surface area contributed by atoms with Crippen molar-refractivity contribution in [3.8, 4) is 0 Å². The molecule has 4 nitrogen and oxygen atoms in total. The van der Waals surface area contributed by atoms with Gasteiger partial charge in [0.15, 0.2) is 0 Å². The summed E-state index contributed by atoms with van der Waals surface area (Å²) in [4.78, 5) is 10.7. The molecule has 0 heterocycles. The minimum Gasteiger partial charge on any atom is -0.545 e. The van der Waals surface area contributed by atoms with Gasteiger partial charge in [0, 0.05) is 4.48 Å². The average Bonchev–Trinajstić information content (AvgIpc) is 2.48. The Kier molecular flexibility index (Phi) is 5.29. The highest BCUT2D eigenvalue weighted by Crippen LogP contribution is 2.12. The molecule has 106 valence electrons. The molecule has 2 aromatic rings. The van der Waals surface area contributed by atoms with Gasteiger partial charge in [-0.15, -0.1) is 0 Å². The van der Waals surface area contributed by atoms with Gasteiger partial charge in [-0.1, -0.05) is 42.5 Å². The van der Waals surface area contributed by atoms with Crippen LogP contribution in [0, 0.1) is 0 Å². The molecule has 0 amide bonds. The zero-order valence-corrected chi connectivity index (χ0v) is 12.6. The molecule has 21 heavy (non-hydrogen) atoms. The summed E-state index contributed by atoms with van der Waals surface area (Å²) in [5.74, 6) is -1.22. The summed E-state index contributed by atoms with van der Waals surface area (Å²) >= 11 is 3.39. The largest absolute Gasteiger partial charge is 0.545 e. The number of nitrogens with one attached hydrogen (secondary N) is 1. The topological polar surface area (TPSA) is 64.5 Å². The number of benzene rings is 2. The van der Waals surface area contributed by atoms with E-state index in [0.717, 1.165) is 10.0 Å². The third kappa shape index (κ3) is 4.89. The number of halogens is 1. The standard InChI is InChI=1S/C16H13BrN2O2/c17-14(9-12-5-2-1-3-6-12)11-18-19-15-8-4-7-13(10-15)16(20)21/h1-11,19H,(H,20,21)/p-1/b14-9-,18-11-. The number of carbonyl (C=O) groups excluding carboxylic acids is 1. The zero-order valence-electron chi connectivity index (χ0n) is 11.0. The van der Waals surface area contributed by atoms with Gasteiger partial charge in [0.1, 0.15) is 0 Å².